The Morgan fingerprint density at radius 2 is 2.06 bits per heavy atom. The maximum Gasteiger partial charge on any atom is 0.221 e. The first kappa shape index (κ1) is 13.0. The van der Waals surface area contributed by atoms with Crippen molar-refractivity contribution in [2.24, 2.45) is 0 Å². The number of carbonyl (C=O) groups excluding carboxylic acids is 2. The topological polar surface area (TPSA) is 78.4 Å². The van der Waals surface area contributed by atoms with Crippen molar-refractivity contribution in [3.63, 3.8) is 0 Å². The molecule has 0 atom stereocenters. The van der Waals surface area contributed by atoms with Crippen molar-refractivity contribution in [2.45, 2.75) is 26.8 Å². The highest BCUT2D eigenvalue weighted by Crippen LogP contribution is 2.27. The zero-order valence-corrected chi connectivity index (χ0v) is 9.91. The number of hydrogen-bond donors (Lipinski definition) is 3. The van der Waals surface area contributed by atoms with Crippen molar-refractivity contribution in [1.82, 2.24) is 5.32 Å². The van der Waals surface area contributed by atoms with Crippen LogP contribution in [0.1, 0.15) is 25.8 Å². The van der Waals surface area contributed by atoms with Gasteiger partial charge >= 0.3 is 0 Å². The molecule has 1 rings (SSSR count). The van der Waals surface area contributed by atoms with Crippen molar-refractivity contribution in [2.75, 3.05) is 5.32 Å². The van der Waals surface area contributed by atoms with Crippen LogP contribution in [0.2, 0.25) is 0 Å². The minimum Gasteiger partial charge on any atom is -0.506 e. The van der Waals surface area contributed by atoms with Crippen LogP contribution in [0, 0.1) is 0 Å². The van der Waals surface area contributed by atoms with Crippen molar-refractivity contribution < 1.29 is 14.7 Å². The molecule has 92 valence electrons. The van der Waals surface area contributed by atoms with Crippen LogP contribution in [0.15, 0.2) is 18.2 Å². The highest BCUT2D eigenvalue weighted by Gasteiger charge is 2.09. The predicted molar refractivity (Wildman–Crippen MR) is 64.5 cm³/mol. The van der Waals surface area contributed by atoms with E-state index in [9.17, 15) is 14.7 Å². The summed E-state index contributed by atoms with van der Waals surface area (Å²) in [7, 11) is 0. The van der Waals surface area contributed by atoms with E-state index in [1.165, 1.54) is 13.0 Å². The Kier molecular flexibility index (Phi) is 4.51. The standard InChI is InChI=1S/C12H16N2O3/c1-3-11(17)13-7-9-5-4-6-10(16)12(9)14-8(2)15/h4-6,16H,3,7H2,1-2H3,(H,13,17)(H,14,15). The van der Waals surface area contributed by atoms with Gasteiger partial charge in [0, 0.05) is 19.9 Å². The number of amides is 2. The number of phenolic OH excluding ortho intramolecular Hbond substituents is 1. The van der Waals surface area contributed by atoms with Crippen molar-refractivity contribution in [3.8, 4) is 5.75 Å². The molecule has 3 N–H and O–H groups in total. The lowest BCUT2D eigenvalue weighted by molar-refractivity contribution is -0.121. The lowest BCUT2D eigenvalue weighted by Crippen LogP contribution is -2.22. The summed E-state index contributed by atoms with van der Waals surface area (Å²) in [6, 6.07) is 4.88. The fraction of sp³-hybridized carbons (Fsp3) is 0.333. The number of anilines is 1. The monoisotopic (exact) mass is 236 g/mol. The van der Waals surface area contributed by atoms with Crippen molar-refractivity contribution >= 4 is 17.5 Å². The molecule has 0 saturated carbocycles. The van der Waals surface area contributed by atoms with Crippen LogP contribution in [-0.2, 0) is 16.1 Å². The highest BCUT2D eigenvalue weighted by atomic mass is 16.3. The van der Waals surface area contributed by atoms with E-state index in [-0.39, 0.29) is 24.1 Å². The fourth-order valence-electron chi connectivity index (χ4n) is 1.37. The summed E-state index contributed by atoms with van der Waals surface area (Å²) in [5, 5.41) is 14.9. The van der Waals surface area contributed by atoms with Gasteiger partial charge in [0.25, 0.3) is 0 Å². The Balaban J connectivity index is 2.86. The normalized spacial score (nSPS) is 9.76. The Bertz CT molecular complexity index is 430. The Hall–Kier alpha value is -2.04. The van der Waals surface area contributed by atoms with E-state index in [1.54, 1.807) is 19.1 Å². The van der Waals surface area contributed by atoms with Crippen LogP contribution in [0.5, 0.6) is 5.75 Å². The summed E-state index contributed by atoms with van der Waals surface area (Å²) >= 11 is 0. The Morgan fingerprint density at radius 3 is 2.65 bits per heavy atom. The molecule has 0 saturated heterocycles. The second kappa shape index (κ2) is 5.89. The maximum atomic E-state index is 11.1. The zero-order valence-electron chi connectivity index (χ0n) is 9.91. The lowest BCUT2D eigenvalue weighted by Gasteiger charge is -2.12. The molecule has 0 fully saturated rings. The fourth-order valence-corrected chi connectivity index (χ4v) is 1.37. The summed E-state index contributed by atoms with van der Waals surface area (Å²) in [5.74, 6) is -0.361. The van der Waals surface area contributed by atoms with Crippen LogP contribution < -0.4 is 10.6 Å². The molecule has 0 unspecified atom stereocenters. The SMILES string of the molecule is CCC(=O)NCc1cccc(O)c1NC(C)=O. The average molecular weight is 236 g/mol. The van der Waals surface area contributed by atoms with Crippen LogP contribution in [0.4, 0.5) is 5.69 Å². The number of rotatable bonds is 4. The molecule has 5 heteroatoms. The second-order valence-electron chi connectivity index (χ2n) is 3.62. The molecule has 2 amide bonds. The highest BCUT2D eigenvalue weighted by molar-refractivity contribution is 5.91. The molecule has 1 aromatic carbocycles. The van der Waals surface area contributed by atoms with E-state index >= 15 is 0 Å². The van der Waals surface area contributed by atoms with Gasteiger partial charge in [0.05, 0.1) is 5.69 Å². The second-order valence-corrected chi connectivity index (χ2v) is 3.62. The lowest BCUT2D eigenvalue weighted by atomic mass is 10.1. The van der Waals surface area contributed by atoms with Gasteiger partial charge in [0.2, 0.25) is 11.8 Å². The molecule has 0 aromatic heterocycles. The van der Waals surface area contributed by atoms with Gasteiger partial charge in [-0.05, 0) is 11.6 Å². The molecular weight excluding hydrogens is 220 g/mol. The van der Waals surface area contributed by atoms with Gasteiger partial charge in [-0.3, -0.25) is 9.59 Å². The van der Waals surface area contributed by atoms with Gasteiger partial charge in [-0.1, -0.05) is 19.1 Å². The predicted octanol–water partition coefficient (Wildman–Crippen LogP) is 1.38. The van der Waals surface area contributed by atoms with Gasteiger partial charge in [0.1, 0.15) is 5.75 Å². The van der Waals surface area contributed by atoms with E-state index in [0.717, 1.165) is 0 Å². The van der Waals surface area contributed by atoms with Gasteiger partial charge in [-0.15, -0.1) is 0 Å². The van der Waals surface area contributed by atoms with Gasteiger partial charge in [0.15, 0.2) is 0 Å². The summed E-state index contributed by atoms with van der Waals surface area (Å²) in [5.41, 5.74) is 1.01. The third-order valence-electron chi connectivity index (χ3n) is 2.23. The first-order valence-electron chi connectivity index (χ1n) is 5.39. The molecule has 0 heterocycles. The van der Waals surface area contributed by atoms with E-state index in [4.69, 9.17) is 0 Å². The molecule has 0 bridgehead atoms. The first-order chi connectivity index (χ1) is 8.04. The zero-order chi connectivity index (χ0) is 12.8. The van der Waals surface area contributed by atoms with Gasteiger partial charge in [-0.25, -0.2) is 0 Å². The summed E-state index contributed by atoms with van der Waals surface area (Å²) in [6.45, 7) is 3.39. The Morgan fingerprint density at radius 1 is 1.35 bits per heavy atom. The first-order valence-corrected chi connectivity index (χ1v) is 5.39. The van der Waals surface area contributed by atoms with Crippen molar-refractivity contribution in [3.05, 3.63) is 23.8 Å². The third-order valence-corrected chi connectivity index (χ3v) is 2.23. The van der Waals surface area contributed by atoms with Crippen LogP contribution in [0.25, 0.3) is 0 Å². The minimum atomic E-state index is -0.269. The average Bonchev–Trinajstić information content (AvgIpc) is 2.29. The largest absolute Gasteiger partial charge is 0.506 e. The molecule has 0 spiro atoms. The van der Waals surface area contributed by atoms with E-state index in [2.05, 4.69) is 10.6 Å². The number of hydrogen-bond acceptors (Lipinski definition) is 3. The van der Waals surface area contributed by atoms with E-state index in [0.29, 0.717) is 17.7 Å². The molecular formula is C12H16N2O3. The van der Waals surface area contributed by atoms with Crippen LogP contribution in [0.3, 0.4) is 0 Å². The van der Waals surface area contributed by atoms with E-state index in [1.807, 2.05) is 0 Å². The summed E-state index contributed by atoms with van der Waals surface area (Å²) in [6.07, 6.45) is 0.397. The molecule has 0 aliphatic heterocycles. The number of carbonyl (C=O) groups is 2. The number of para-hydroxylation sites is 1. The smallest absolute Gasteiger partial charge is 0.221 e. The molecule has 0 aliphatic carbocycles. The molecule has 0 aliphatic rings. The number of nitrogens with one attached hydrogen (secondary N) is 2. The molecule has 0 radical (unpaired) electrons. The van der Waals surface area contributed by atoms with Crippen molar-refractivity contribution in [1.29, 1.82) is 0 Å². The molecule has 1 aromatic rings. The number of benzene rings is 1. The maximum absolute atomic E-state index is 11.1. The Labute approximate surface area is 99.8 Å². The van der Waals surface area contributed by atoms with Crippen LogP contribution in [-0.4, -0.2) is 16.9 Å². The quantitative estimate of drug-likeness (QED) is 0.691. The number of aromatic hydroxyl groups is 1. The molecule has 5 nitrogen and oxygen atoms in total. The minimum absolute atomic E-state index is 0.0107. The summed E-state index contributed by atoms with van der Waals surface area (Å²) < 4.78 is 0. The van der Waals surface area contributed by atoms with Gasteiger partial charge in [-0.2, -0.15) is 0 Å². The van der Waals surface area contributed by atoms with Gasteiger partial charge < -0.3 is 15.7 Å². The van der Waals surface area contributed by atoms with Crippen LogP contribution >= 0.6 is 0 Å². The summed E-state index contributed by atoms with van der Waals surface area (Å²) in [4.78, 5) is 22.1. The third kappa shape index (κ3) is 3.79. The van der Waals surface area contributed by atoms with E-state index < -0.39 is 0 Å². The number of phenols is 1. The molecule has 17 heavy (non-hydrogen) atoms.